The summed E-state index contributed by atoms with van der Waals surface area (Å²) in [5.41, 5.74) is 1.07. The first-order valence-corrected chi connectivity index (χ1v) is 5.44. The zero-order valence-electron chi connectivity index (χ0n) is 10.7. The van der Waals surface area contributed by atoms with Gasteiger partial charge >= 0.3 is 0 Å². The molecule has 86 valence electrons. The van der Waals surface area contributed by atoms with Gasteiger partial charge in [0.05, 0.1) is 6.04 Å². The number of rotatable bonds is 5. The quantitative estimate of drug-likeness (QED) is 0.649. The molecule has 0 N–H and O–H groups in total. The maximum Gasteiger partial charge on any atom is 0.156 e. The van der Waals surface area contributed by atoms with Crippen molar-refractivity contribution in [1.29, 1.82) is 0 Å². The Bertz CT molecular complexity index is 262. The van der Waals surface area contributed by atoms with Gasteiger partial charge in [-0.1, -0.05) is 32.1 Å². The number of allylic oxidation sites excluding steroid dienone is 2. The Labute approximate surface area is 93.7 Å². The van der Waals surface area contributed by atoms with Crippen molar-refractivity contribution < 1.29 is 4.79 Å². The first-order chi connectivity index (χ1) is 6.95. The topological polar surface area (TPSA) is 20.3 Å². The third-order valence-corrected chi connectivity index (χ3v) is 2.36. The third kappa shape index (κ3) is 4.00. The second-order valence-corrected chi connectivity index (χ2v) is 4.21. The summed E-state index contributed by atoms with van der Waals surface area (Å²) in [5.74, 6) is 0.337. The van der Waals surface area contributed by atoms with Crippen molar-refractivity contribution in [2.75, 3.05) is 14.1 Å². The summed E-state index contributed by atoms with van der Waals surface area (Å²) in [6.45, 7) is 7.83. The molecule has 0 saturated carbocycles. The molecule has 15 heavy (non-hydrogen) atoms. The number of carbonyl (C=O) groups excluding carboxylic acids is 1. The maximum absolute atomic E-state index is 12.0. The molecule has 0 rings (SSSR count). The largest absolute Gasteiger partial charge is 0.297 e. The van der Waals surface area contributed by atoms with Crippen LogP contribution in [0.1, 0.15) is 27.7 Å². The molecule has 0 aliphatic carbocycles. The zero-order valence-corrected chi connectivity index (χ0v) is 10.7. The lowest BCUT2D eigenvalue weighted by molar-refractivity contribution is -0.125. The third-order valence-electron chi connectivity index (χ3n) is 2.36. The van der Waals surface area contributed by atoms with Crippen LogP contribution in [-0.4, -0.2) is 30.8 Å². The Morgan fingerprint density at radius 3 is 2.00 bits per heavy atom. The van der Waals surface area contributed by atoms with Gasteiger partial charge in [-0.3, -0.25) is 9.69 Å². The van der Waals surface area contributed by atoms with Crippen LogP contribution in [0.4, 0.5) is 0 Å². The summed E-state index contributed by atoms with van der Waals surface area (Å²) in [6, 6.07) is -0.119. The molecule has 0 aliphatic rings. The Morgan fingerprint density at radius 2 is 1.73 bits per heavy atom. The van der Waals surface area contributed by atoms with Gasteiger partial charge in [-0.2, -0.15) is 0 Å². The van der Waals surface area contributed by atoms with E-state index in [-0.39, 0.29) is 17.7 Å². The molecule has 2 nitrogen and oxygen atoms in total. The number of hydrogen-bond donors (Lipinski definition) is 0. The van der Waals surface area contributed by atoms with Crippen LogP contribution >= 0.6 is 0 Å². The van der Waals surface area contributed by atoms with Crippen LogP contribution < -0.4 is 0 Å². The average Bonchev–Trinajstić information content (AvgIpc) is 2.15. The molecule has 0 fully saturated rings. The number of likely N-dealkylation sites (N-methyl/N-ethyl adjacent to an activating group) is 1. The van der Waals surface area contributed by atoms with Crippen molar-refractivity contribution >= 4 is 5.78 Å². The smallest absolute Gasteiger partial charge is 0.156 e. The predicted octanol–water partition coefficient (Wildman–Crippen LogP) is 2.66. The highest BCUT2D eigenvalue weighted by Crippen LogP contribution is 2.15. The molecular weight excluding hydrogens is 186 g/mol. The van der Waals surface area contributed by atoms with E-state index in [1.807, 2.05) is 64.9 Å². The molecule has 0 spiro atoms. The number of Topliss-reactive ketones (excluding diaryl/α,β-unsaturated/α-hetero) is 1. The van der Waals surface area contributed by atoms with Gasteiger partial charge in [0, 0.05) is 5.92 Å². The lowest BCUT2D eigenvalue weighted by atomic mass is 9.94. The molecule has 0 aromatic carbocycles. The molecule has 0 saturated heterocycles. The summed E-state index contributed by atoms with van der Waals surface area (Å²) in [4.78, 5) is 14.0. The molecule has 0 heterocycles. The van der Waals surface area contributed by atoms with Crippen LogP contribution in [0.2, 0.25) is 0 Å². The summed E-state index contributed by atoms with van der Waals surface area (Å²) >= 11 is 0. The number of ketones is 1. The average molecular weight is 209 g/mol. The first kappa shape index (κ1) is 14.1. The van der Waals surface area contributed by atoms with E-state index in [4.69, 9.17) is 0 Å². The highest BCUT2D eigenvalue weighted by atomic mass is 16.1. The molecule has 0 amide bonds. The normalized spacial score (nSPS) is 15.3. The van der Waals surface area contributed by atoms with E-state index in [9.17, 15) is 4.79 Å². The van der Waals surface area contributed by atoms with E-state index in [0.29, 0.717) is 0 Å². The van der Waals surface area contributed by atoms with Gasteiger partial charge in [-0.05, 0) is 33.5 Å². The van der Waals surface area contributed by atoms with Crippen molar-refractivity contribution in [3.63, 3.8) is 0 Å². The minimum atomic E-state index is -0.119. The van der Waals surface area contributed by atoms with E-state index >= 15 is 0 Å². The molecular formula is C13H23NO. The summed E-state index contributed by atoms with van der Waals surface area (Å²) in [7, 11) is 3.88. The highest BCUT2D eigenvalue weighted by molar-refractivity contribution is 5.89. The Hall–Kier alpha value is -0.890. The van der Waals surface area contributed by atoms with Gasteiger partial charge in [0.2, 0.25) is 0 Å². The predicted molar refractivity (Wildman–Crippen MR) is 65.9 cm³/mol. The van der Waals surface area contributed by atoms with E-state index in [1.54, 1.807) is 0 Å². The van der Waals surface area contributed by atoms with Crippen LogP contribution in [0.3, 0.4) is 0 Å². The van der Waals surface area contributed by atoms with Gasteiger partial charge < -0.3 is 0 Å². The van der Waals surface area contributed by atoms with Gasteiger partial charge in [0.25, 0.3) is 0 Å². The zero-order chi connectivity index (χ0) is 12.0. The van der Waals surface area contributed by atoms with E-state index in [1.165, 1.54) is 0 Å². The lowest BCUT2D eigenvalue weighted by Gasteiger charge is -2.25. The Kier molecular flexibility index (Phi) is 6.18. The first-order valence-electron chi connectivity index (χ1n) is 5.44. The molecule has 0 aromatic heterocycles. The van der Waals surface area contributed by atoms with Gasteiger partial charge in [-0.15, -0.1) is 0 Å². The fourth-order valence-corrected chi connectivity index (χ4v) is 1.57. The van der Waals surface area contributed by atoms with Crippen molar-refractivity contribution in [3.8, 4) is 0 Å². The van der Waals surface area contributed by atoms with Gasteiger partial charge in [0.1, 0.15) is 0 Å². The Morgan fingerprint density at radius 1 is 1.20 bits per heavy atom. The van der Waals surface area contributed by atoms with Crippen LogP contribution in [0.5, 0.6) is 0 Å². The minimum absolute atomic E-state index is 0.0672. The lowest BCUT2D eigenvalue weighted by Crippen LogP contribution is -2.39. The standard InChI is InChI=1S/C13H23NO/c1-7-9-11(8-2)12(14(5)6)13(15)10(3)4/h7-10,12H,1-6H3/b9-7-,11-8+. The molecule has 0 aliphatic heterocycles. The molecule has 0 aromatic rings. The van der Waals surface area contributed by atoms with Crippen LogP contribution in [0.15, 0.2) is 23.8 Å². The molecule has 0 radical (unpaired) electrons. The van der Waals surface area contributed by atoms with Crippen LogP contribution in [0.25, 0.3) is 0 Å². The monoisotopic (exact) mass is 209 g/mol. The minimum Gasteiger partial charge on any atom is -0.297 e. The van der Waals surface area contributed by atoms with E-state index in [2.05, 4.69) is 0 Å². The van der Waals surface area contributed by atoms with Crippen LogP contribution in [0, 0.1) is 5.92 Å². The van der Waals surface area contributed by atoms with Crippen molar-refractivity contribution in [2.24, 2.45) is 5.92 Å². The van der Waals surface area contributed by atoms with Crippen molar-refractivity contribution in [2.45, 2.75) is 33.7 Å². The number of nitrogens with zero attached hydrogens (tertiary/aromatic N) is 1. The van der Waals surface area contributed by atoms with Gasteiger partial charge in [0.15, 0.2) is 5.78 Å². The van der Waals surface area contributed by atoms with Crippen LogP contribution in [-0.2, 0) is 4.79 Å². The summed E-state index contributed by atoms with van der Waals surface area (Å²) in [5, 5.41) is 0. The second kappa shape index (κ2) is 6.57. The molecule has 1 atom stereocenters. The van der Waals surface area contributed by atoms with E-state index < -0.39 is 0 Å². The number of hydrogen-bond acceptors (Lipinski definition) is 2. The Balaban J connectivity index is 5.04. The fraction of sp³-hybridized carbons (Fsp3) is 0.615. The van der Waals surface area contributed by atoms with Crippen molar-refractivity contribution in [3.05, 3.63) is 23.8 Å². The van der Waals surface area contributed by atoms with E-state index in [0.717, 1.165) is 5.57 Å². The fourth-order valence-electron chi connectivity index (χ4n) is 1.57. The maximum atomic E-state index is 12.0. The summed E-state index contributed by atoms with van der Waals surface area (Å²) < 4.78 is 0. The number of carbonyl (C=O) groups is 1. The molecule has 0 bridgehead atoms. The molecule has 2 heteroatoms. The SMILES string of the molecule is C/C=C\C(=C/C)C(C(=O)C(C)C)N(C)C. The summed E-state index contributed by atoms with van der Waals surface area (Å²) in [6.07, 6.45) is 5.98. The highest BCUT2D eigenvalue weighted by Gasteiger charge is 2.24. The second-order valence-electron chi connectivity index (χ2n) is 4.21. The van der Waals surface area contributed by atoms with Crippen molar-refractivity contribution in [1.82, 2.24) is 4.90 Å². The van der Waals surface area contributed by atoms with Gasteiger partial charge in [-0.25, -0.2) is 0 Å². The molecule has 1 unspecified atom stereocenters.